The third kappa shape index (κ3) is 3.31. The smallest absolute Gasteiger partial charge is 0.338 e. The van der Waals surface area contributed by atoms with Gasteiger partial charge in [-0.25, -0.2) is 9.79 Å². The topological polar surface area (TPSA) is 76.4 Å². The van der Waals surface area contributed by atoms with Gasteiger partial charge in [0.1, 0.15) is 0 Å². The number of allylic oxidation sites excluding steroid dienone is 1. The number of rotatable bonds is 4. The summed E-state index contributed by atoms with van der Waals surface area (Å²) in [6, 6.07) is 17.1. The zero-order chi connectivity index (χ0) is 22.2. The van der Waals surface area contributed by atoms with Crippen molar-refractivity contribution in [3.63, 3.8) is 0 Å². The van der Waals surface area contributed by atoms with Gasteiger partial charge in [-0.15, -0.1) is 0 Å². The zero-order valence-corrected chi connectivity index (χ0v) is 18.5. The van der Waals surface area contributed by atoms with Crippen LogP contribution in [0.2, 0.25) is 0 Å². The highest BCUT2D eigenvalue weighted by Gasteiger charge is 2.34. The van der Waals surface area contributed by atoms with Gasteiger partial charge in [-0.2, -0.15) is 0 Å². The van der Waals surface area contributed by atoms with Gasteiger partial charge in [-0.3, -0.25) is 9.36 Å². The Labute approximate surface area is 187 Å². The Morgan fingerprint density at radius 3 is 2.78 bits per heavy atom. The van der Waals surface area contributed by atoms with Crippen molar-refractivity contribution in [1.82, 2.24) is 9.55 Å². The van der Waals surface area contributed by atoms with Crippen LogP contribution in [0.1, 0.15) is 31.1 Å². The van der Waals surface area contributed by atoms with E-state index in [-0.39, 0.29) is 12.2 Å². The van der Waals surface area contributed by atoms with Gasteiger partial charge in [0.2, 0.25) is 0 Å². The fourth-order valence-corrected chi connectivity index (χ4v) is 5.19. The summed E-state index contributed by atoms with van der Waals surface area (Å²) in [5.74, 6) is -0.453. The van der Waals surface area contributed by atoms with Crippen molar-refractivity contribution in [3.05, 3.63) is 103 Å². The number of carbonyl (C=O) groups is 1. The number of aromatic amines is 1. The molecule has 1 N–H and O–H groups in total. The summed E-state index contributed by atoms with van der Waals surface area (Å²) in [4.78, 5) is 34.9. The average molecular weight is 444 g/mol. The quantitative estimate of drug-likeness (QED) is 0.492. The van der Waals surface area contributed by atoms with Crippen LogP contribution in [0.5, 0.6) is 0 Å². The molecule has 0 radical (unpaired) electrons. The van der Waals surface area contributed by atoms with Crippen LogP contribution in [0, 0.1) is 0 Å². The maximum Gasteiger partial charge on any atom is 0.338 e. The molecular weight excluding hydrogens is 422 g/mol. The highest BCUT2D eigenvalue weighted by molar-refractivity contribution is 7.07. The molecule has 2 aromatic heterocycles. The number of fused-ring (bicyclic) bond motifs is 2. The highest BCUT2D eigenvalue weighted by Crippen LogP contribution is 2.34. The first-order chi connectivity index (χ1) is 15.6. The number of carbonyl (C=O) groups excluding carboxylic acids is 1. The fraction of sp³-hybridized carbons (Fsp3) is 0.160. The van der Waals surface area contributed by atoms with E-state index in [1.165, 1.54) is 11.3 Å². The number of thiazole rings is 1. The molecule has 1 aliphatic heterocycles. The molecule has 0 saturated heterocycles. The Bertz CT molecular complexity index is 1540. The Balaban J connectivity index is 1.83. The van der Waals surface area contributed by atoms with Crippen LogP contribution in [-0.4, -0.2) is 22.1 Å². The molecular formula is C25H21N3O3S. The summed E-state index contributed by atoms with van der Waals surface area (Å²) in [6.07, 6.45) is 3.62. The summed E-state index contributed by atoms with van der Waals surface area (Å²) in [7, 11) is 0. The van der Waals surface area contributed by atoms with Crippen LogP contribution in [0.3, 0.4) is 0 Å². The van der Waals surface area contributed by atoms with Crippen molar-refractivity contribution in [1.29, 1.82) is 0 Å². The molecule has 160 valence electrons. The fourth-order valence-electron chi connectivity index (χ4n) is 4.15. The molecule has 0 amide bonds. The normalized spacial score (nSPS) is 16.2. The second-order valence-corrected chi connectivity index (χ2v) is 8.51. The van der Waals surface area contributed by atoms with Crippen molar-refractivity contribution in [3.8, 4) is 0 Å². The lowest BCUT2D eigenvalue weighted by Crippen LogP contribution is -2.40. The van der Waals surface area contributed by atoms with E-state index in [1.807, 2.05) is 66.9 Å². The maximum atomic E-state index is 13.6. The number of H-pyrrole nitrogens is 1. The molecule has 4 aromatic rings. The standard InChI is InChI=1S/C25H21N3O3S/c1-3-31-24(30)21-15(2)27-25-28(23(29)20(32-25)14-17-10-7-13-26-17)22(21)19-12-6-9-16-8-4-5-11-18(16)19/h4-14,22,26H,3H2,1-2H3/b20-14+/t22-/m1/s1. The summed E-state index contributed by atoms with van der Waals surface area (Å²) in [5.41, 5.74) is 2.47. The van der Waals surface area contributed by atoms with Crippen molar-refractivity contribution < 1.29 is 9.53 Å². The van der Waals surface area contributed by atoms with Gasteiger partial charge in [-0.1, -0.05) is 53.8 Å². The lowest BCUT2D eigenvalue weighted by atomic mass is 9.91. The number of aromatic nitrogens is 2. The summed E-state index contributed by atoms with van der Waals surface area (Å²) >= 11 is 1.32. The summed E-state index contributed by atoms with van der Waals surface area (Å²) in [6.45, 7) is 3.81. The van der Waals surface area contributed by atoms with Crippen molar-refractivity contribution in [2.45, 2.75) is 19.9 Å². The first kappa shape index (κ1) is 20.2. The maximum absolute atomic E-state index is 13.6. The molecule has 3 heterocycles. The van der Waals surface area contributed by atoms with Crippen molar-refractivity contribution in [2.75, 3.05) is 6.61 Å². The highest BCUT2D eigenvalue weighted by atomic mass is 32.1. The minimum Gasteiger partial charge on any atom is -0.463 e. The predicted molar refractivity (Wildman–Crippen MR) is 125 cm³/mol. The molecule has 1 atom stereocenters. The van der Waals surface area contributed by atoms with E-state index in [0.717, 1.165) is 22.0 Å². The molecule has 5 rings (SSSR count). The van der Waals surface area contributed by atoms with Crippen molar-refractivity contribution >= 4 is 34.2 Å². The monoisotopic (exact) mass is 443 g/mol. The van der Waals surface area contributed by atoms with Crippen LogP contribution >= 0.6 is 11.3 Å². The molecule has 0 bridgehead atoms. The zero-order valence-electron chi connectivity index (χ0n) is 17.7. The van der Waals surface area contributed by atoms with Gasteiger partial charge in [0.15, 0.2) is 4.80 Å². The van der Waals surface area contributed by atoms with Gasteiger partial charge in [-0.05, 0) is 48.4 Å². The molecule has 7 heteroatoms. The van der Waals surface area contributed by atoms with E-state index < -0.39 is 12.0 Å². The molecule has 0 fully saturated rings. The third-order valence-corrected chi connectivity index (χ3v) is 6.53. The predicted octanol–water partition coefficient (Wildman–Crippen LogP) is 3.28. The minimum atomic E-state index is -0.623. The van der Waals surface area contributed by atoms with E-state index >= 15 is 0 Å². The van der Waals surface area contributed by atoms with E-state index in [0.29, 0.717) is 20.6 Å². The van der Waals surface area contributed by atoms with E-state index in [4.69, 9.17) is 4.74 Å². The number of benzene rings is 2. The Morgan fingerprint density at radius 2 is 2.00 bits per heavy atom. The van der Waals surface area contributed by atoms with Gasteiger partial charge < -0.3 is 9.72 Å². The Morgan fingerprint density at radius 1 is 1.19 bits per heavy atom. The second-order valence-electron chi connectivity index (χ2n) is 7.50. The van der Waals surface area contributed by atoms with Gasteiger partial charge in [0.05, 0.1) is 28.5 Å². The molecule has 0 aliphatic carbocycles. The van der Waals surface area contributed by atoms with Crippen molar-refractivity contribution in [2.24, 2.45) is 4.99 Å². The molecule has 0 unspecified atom stereocenters. The first-order valence-electron chi connectivity index (χ1n) is 10.4. The summed E-state index contributed by atoms with van der Waals surface area (Å²) in [5, 5.41) is 2.02. The number of esters is 1. The molecule has 1 aliphatic rings. The lowest BCUT2D eigenvalue weighted by molar-refractivity contribution is -0.139. The first-order valence-corrected chi connectivity index (χ1v) is 11.2. The van der Waals surface area contributed by atoms with Crippen LogP contribution in [0.25, 0.3) is 16.8 Å². The summed E-state index contributed by atoms with van der Waals surface area (Å²) < 4.78 is 7.56. The number of hydrogen-bond acceptors (Lipinski definition) is 5. The van der Waals surface area contributed by atoms with E-state index in [2.05, 4.69) is 9.98 Å². The van der Waals surface area contributed by atoms with Crippen LogP contribution < -0.4 is 14.9 Å². The number of hydrogen-bond donors (Lipinski definition) is 1. The molecule has 0 saturated carbocycles. The van der Waals surface area contributed by atoms with Crippen LogP contribution in [0.4, 0.5) is 0 Å². The molecule has 32 heavy (non-hydrogen) atoms. The van der Waals surface area contributed by atoms with E-state index in [9.17, 15) is 9.59 Å². The molecule has 2 aromatic carbocycles. The van der Waals surface area contributed by atoms with Crippen LogP contribution in [0.15, 0.2) is 81.9 Å². The Kier molecular flexibility index (Phi) is 5.11. The Hall–Kier alpha value is -3.71. The minimum absolute atomic E-state index is 0.185. The average Bonchev–Trinajstić information content (AvgIpc) is 3.41. The molecule has 0 spiro atoms. The third-order valence-electron chi connectivity index (χ3n) is 5.54. The second kappa shape index (κ2) is 8.09. The van der Waals surface area contributed by atoms with Crippen LogP contribution in [-0.2, 0) is 9.53 Å². The largest absolute Gasteiger partial charge is 0.463 e. The lowest BCUT2D eigenvalue weighted by Gasteiger charge is -2.25. The number of nitrogens with one attached hydrogen (secondary N) is 1. The van der Waals surface area contributed by atoms with Gasteiger partial charge in [0.25, 0.3) is 5.56 Å². The van der Waals surface area contributed by atoms with Gasteiger partial charge >= 0.3 is 5.97 Å². The van der Waals surface area contributed by atoms with E-state index in [1.54, 1.807) is 18.4 Å². The number of nitrogens with zero attached hydrogens (tertiary/aromatic N) is 2. The number of ether oxygens (including phenoxy) is 1. The van der Waals surface area contributed by atoms with Gasteiger partial charge in [0, 0.05) is 11.9 Å². The SMILES string of the molecule is CCOC(=O)C1=C(C)N=c2s/c(=C/c3ccc[nH]3)c(=O)n2[C@@H]1c1cccc2ccccc12. The molecule has 6 nitrogen and oxygen atoms in total.